The van der Waals surface area contributed by atoms with Crippen molar-refractivity contribution in [1.82, 2.24) is 15.1 Å². The van der Waals surface area contributed by atoms with Crippen molar-refractivity contribution in [3.8, 4) is 0 Å². The van der Waals surface area contributed by atoms with E-state index in [4.69, 9.17) is 4.74 Å². The van der Waals surface area contributed by atoms with Gasteiger partial charge >= 0.3 is 5.97 Å². The van der Waals surface area contributed by atoms with Gasteiger partial charge in [-0.15, -0.1) is 0 Å². The Kier molecular flexibility index (Phi) is 8.11. The maximum absolute atomic E-state index is 11.7. The van der Waals surface area contributed by atoms with Crippen LogP contribution in [-0.2, 0) is 9.53 Å². The third kappa shape index (κ3) is 5.77. The van der Waals surface area contributed by atoms with Crippen molar-refractivity contribution in [2.75, 3.05) is 47.4 Å². The average Bonchev–Trinajstić information content (AvgIpc) is 2.47. The number of rotatable bonds is 8. The van der Waals surface area contributed by atoms with Gasteiger partial charge < -0.3 is 19.9 Å². The Hall–Kier alpha value is -0.650. The molecule has 1 saturated heterocycles. The second-order valence-corrected chi connectivity index (χ2v) is 5.85. The van der Waals surface area contributed by atoms with Crippen molar-refractivity contribution in [2.24, 2.45) is 0 Å². The minimum atomic E-state index is -0.161. The molecule has 0 aliphatic carbocycles. The monoisotopic (exact) mass is 285 g/mol. The molecule has 1 fully saturated rings. The fraction of sp³-hybridized carbons (Fsp3) is 0.933. The number of methoxy groups -OCH3 is 1. The van der Waals surface area contributed by atoms with E-state index in [-0.39, 0.29) is 12.0 Å². The van der Waals surface area contributed by atoms with Crippen LogP contribution in [-0.4, -0.2) is 75.2 Å². The summed E-state index contributed by atoms with van der Waals surface area (Å²) in [7, 11) is 5.77. The minimum Gasteiger partial charge on any atom is -0.468 e. The zero-order valence-corrected chi connectivity index (χ0v) is 13.5. The molecule has 1 aliphatic rings. The van der Waals surface area contributed by atoms with Gasteiger partial charge in [0.05, 0.1) is 7.11 Å². The molecule has 1 atom stereocenters. The van der Waals surface area contributed by atoms with Gasteiger partial charge in [-0.3, -0.25) is 4.79 Å². The number of hydrogen-bond acceptors (Lipinski definition) is 5. The Balaban J connectivity index is 2.31. The highest BCUT2D eigenvalue weighted by molar-refractivity contribution is 5.75. The van der Waals surface area contributed by atoms with E-state index >= 15 is 0 Å². The summed E-state index contributed by atoms with van der Waals surface area (Å²) >= 11 is 0. The second-order valence-electron chi connectivity index (χ2n) is 5.85. The van der Waals surface area contributed by atoms with Crippen molar-refractivity contribution in [1.29, 1.82) is 0 Å². The summed E-state index contributed by atoms with van der Waals surface area (Å²) in [6.45, 7) is 6.20. The standard InChI is InChI=1S/C15H31N3O2/c1-5-9-16-14(15(19)20-4)8-12-18-10-6-13(7-11-18)17(2)3/h13-14,16H,5-12H2,1-4H3. The molecule has 5 nitrogen and oxygen atoms in total. The number of carbonyl (C=O) groups is 1. The van der Waals surface area contributed by atoms with Crippen molar-refractivity contribution >= 4 is 5.97 Å². The summed E-state index contributed by atoms with van der Waals surface area (Å²) in [5, 5.41) is 3.28. The lowest BCUT2D eigenvalue weighted by Gasteiger charge is -2.35. The Morgan fingerprint density at radius 2 is 2.05 bits per heavy atom. The van der Waals surface area contributed by atoms with E-state index in [2.05, 4.69) is 36.1 Å². The van der Waals surface area contributed by atoms with Crippen molar-refractivity contribution in [3.05, 3.63) is 0 Å². The molecule has 118 valence electrons. The molecule has 0 aromatic heterocycles. The van der Waals surface area contributed by atoms with Crippen LogP contribution in [0.4, 0.5) is 0 Å². The van der Waals surface area contributed by atoms with Crippen molar-refractivity contribution in [3.63, 3.8) is 0 Å². The van der Waals surface area contributed by atoms with E-state index in [1.165, 1.54) is 20.0 Å². The van der Waals surface area contributed by atoms with Crippen LogP contribution in [0.15, 0.2) is 0 Å². The summed E-state index contributed by atoms with van der Waals surface area (Å²) in [6.07, 6.45) is 4.30. The third-order valence-corrected chi connectivity index (χ3v) is 4.15. The smallest absolute Gasteiger partial charge is 0.322 e. The molecular weight excluding hydrogens is 254 g/mol. The molecule has 0 aromatic rings. The number of nitrogens with one attached hydrogen (secondary N) is 1. The first kappa shape index (κ1) is 17.4. The van der Waals surface area contributed by atoms with Crippen molar-refractivity contribution in [2.45, 2.75) is 44.7 Å². The Bertz CT molecular complexity index is 276. The lowest BCUT2D eigenvalue weighted by atomic mass is 10.0. The zero-order chi connectivity index (χ0) is 15.0. The van der Waals surface area contributed by atoms with Gasteiger partial charge in [0, 0.05) is 12.6 Å². The number of nitrogens with zero attached hydrogens (tertiary/aromatic N) is 2. The summed E-state index contributed by atoms with van der Waals surface area (Å²) in [5.41, 5.74) is 0. The fourth-order valence-electron chi connectivity index (χ4n) is 2.74. The Morgan fingerprint density at radius 3 is 2.55 bits per heavy atom. The summed E-state index contributed by atoms with van der Waals surface area (Å²) in [5.74, 6) is -0.137. The lowest BCUT2D eigenvalue weighted by Crippen LogP contribution is -2.45. The Morgan fingerprint density at radius 1 is 1.40 bits per heavy atom. The molecular formula is C15H31N3O2. The lowest BCUT2D eigenvalue weighted by molar-refractivity contribution is -0.143. The normalized spacial score (nSPS) is 19.2. The van der Waals surface area contributed by atoms with Gasteiger partial charge in [0.25, 0.3) is 0 Å². The first-order chi connectivity index (χ1) is 9.58. The van der Waals surface area contributed by atoms with Crippen LogP contribution in [0.5, 0.6) is 0 Å². The molecule has 0 bridgehead atoms. The maximum Gasteiger partial charge on any atom is 0.322 e. The van der Waals surface area contributed by atoms with Crippen LogP contribution in [0.1, 0.15) is 32.6 Å². The largest absolute Gasteiger partial charge is 0.468 e. The van der Waals surface area contributed by atoms with Crippen LogP contribution in [0.3, 0.4) is 0 Å². The van der Waals surface area contributed by atoms with Crippen LogP contribution in [0.25, 0.3) is 0 Å². The van der Waals surface area contributed by atoms with Crippen molar-refractivity contribution < 1.29 is 9.53 Å². The molecule has 0 radical (unpaired) electrons. The number of hydrogen-bond donors (Lipinski definition) is 1. The SMILES string of the molecule is CCCNC(CCN1CCC(N(C)C)CC1)C(=O)OC. The van der Waals surface area contributed by atoms with E-state index < -0.39 is 0 Å². The molecule has 1 aliphatic heterocycles. The van der Waals surface area contributed by atoms with Gasteiger partial charge in [0.1, 0.15) is 6.04 Å². The van der Waals surface area contributed by atoms with E-state index in [0.717, 1.165) is 39.0 Å². The predicted molar refractivity (Wildman–Crippen MR) is 81.9 cm³/mol. The van der Waals surface area contributed by atoms with Crippen LogP contribution < -0.4 is 5.32 Å². The molecule has 0 spiro atoms. The minimum absolute atomic E-state index is 0.137. The summed E-state index contributed by atoms with van der Waals surface area (Å²) < 4.78 is 4.87. The van der Waals surface area contributed by atoms with E-state index in [0.29, 0.717) is 6.04 Å². The molecule has 20 heavy (non-hydrogen) atoms. The molecule has 1 unspecified atom stereocenters. The number of ether oxygens (including phenoxy) is 1. The van der Waals surface area contributed by atoms with Gasteiger partial charge in [-0.05, 0) is 59.4 Å². The predicted octanol–water partition coefficient (Wildman–Crippen LogP) is 0.944. The first-order valence-electron chi connectivity index (χ1n) is 7.78. The van der Waals surface area contributed by atoms with Crippen LogP contribution >= 0.6 is 0 Å². The van der Waals surface area contributed by atoms with Gasteiger partial charge in [-0.2, -0.15) is 0 Å². The number of carbonyl (C=O) groups excluding carboxylic acids is 1. The van der Waals surface area contributed by atoms with Crippen LogP contribution in [0, 0.1) is 0 Å². The first-order valence-corrected chi connectivity index (χ1v) is 7.78. The average molecular weight is 285 g/mol. The second kappa shape index (κ2) is 9.32. The summed E-state index contributed by atoms with van der Waals surface area (Å²) in [4.78, 5) is 16.5. The molecule has 1 rings (SSSR count). The molecule has 1 heterocycles. The number of likely N-dealkylation sites (tertiary alicyclic amines) is 1. The number of piperidine rings is 1. The fourth-order valence-corrected chi connectivity index (χ4v) is 2.74. The highest BCUT2D eigenvalue weighted by atomic mass is 16.5. The van der Waals surface area contributed by atoms with Crippen LogP contribution in [0.2, 0.25) is 0 Å². The topological polar surface area (TPSA) is 44.8 Å². The van der Waals surface area contributed by atoms with Gasteiger partial charge in [-0.1, -0.05) is 6.92 Å². The van der Waals surface area contributed by atoms with Gasteiger partial charge in [0.15, 0.2) is 0 Å². The highest BCUT2D eigenvalue weighted by Crippen LogP contribution is 2.14. The van der Waals surface area contributed by atoms with E-state index in [9.17, 15) is 4.79 Å². The highest BCUT2D eigenvalue weighted by Gasteiger charge is 2.23. The number of esters is 1. The molecule has 5 heteroatoms. The van der Waals surface area contributed by atoms with Gasteiger partial charge in [0.2, 0.25) is 0 Å². The molecule has 0 amide bonds. The Labute approximate surface area is 123 Å². The van der Waals surface area contributed by atoms with Gasteiger partial charge in [-0.25, -0.2) is 0 Å². The third-order valence-electron chi connectivity index (χ3n) is 4.15. The van der Waals surface area contributed by atoms with E-state index in [1.807, 2.05) is 0 Å². The van der Waals surface area contributed by atoms with E-state index in [1.54, 1.807) is 0 Å². The molecule has 1 N–H and O–H groups in total. The summed E-state index contributed by atoms with van der Waals surface area (Å²) in [6, 6.07) is 0.549. The zero-order valence-electron chi connectivity index (χ0n) is 13.5. The quantitative estimate of drug-likeness (QED) is 0.673. The maximum atomic E-state index is 11.7. The molecule has 0 saturated carbocycles. The molecule has 0 aromatic carbocycles.